The zero-order chi connectivity index (χ0) is 34.9. The van der Waals surface area contributed by atoms with Crippen LogP contribution in [0.3, 0.4) is 0 Å². The van der Waals surface area contributed by atoms with Crippen molar-refractivity contribution >= 4 is 60.7 Å². The van der Waals surface area contributed by atoms with Crippen LogP contribution in [0.5, 0.6) is 5.75 Å². The maximum Gasteiger partial charge on any atom is 0.337 e. The molecular formula is C28H28FN9O8S2. The molecule has 0 saturated heterocycles. The lowest BCUT2D eigenvalue weighted by atomic mass is 10.2. The van der Waals surface area contributed by atoms with Crippen molar-refractivity contribution in [2.45, 2.75) is 18.2 Å². The number of rotatable bonds is 14. The number of phenols is 1. The summed E-state index contributed by atoms with van der Waals surface area (Å²) in [7, 11) is -8.25. The molecule has 0 bridgehead atoms. The Hall–Kier alpha value is -5.60. The Balaban J connectivity index is 1.68. The van der Waals surface area contributed by atoms with Crippen LogP contribution in [0.2, 0.25) is 0 Å². The van der Waals surface area contributed by atoms with Gasteiger partial charge in [-0.1, -0.05) is 49.4 Å². The van der Waals surface area contributed by atoms with Gasteiger partial charge in [0.05, 0.1) is 21.9 Å². The summed E-state index contributed by atoms with van der Waals surface area (Å²) in [5.41, 5.74) is 1.90. The van der Waals surface area contributed by atoms with Crippen molar-refractivity contribution in [3.63, 3.8) is 0 Å². The maximum atomic E-state index is 14.3. The Kier molecular flexibility index (Phi) is 11.3. The van der Waals surface area contributed by atoms with Crippen LogP contribution in [0, 0.1) is 6.08 Å². The van der Waals surface area contributed by atoms with E-state index >= 15 is 0 Å². The molecule has 0 unspecified atom stereocenters. The first-order chi connectivity index (χ1) is 22.8. The summed E-state index contributed by atoms with van der Waals surface area (Å²) >= 11 is 0. The van der Waals surface area contributed by atoms with E-state index in [1.807, 2.05) is 0 Å². The highest BCUT2D eigenvalue weighted by molar-refractivity contribution is 7.91. The fraction of sp³-hybridized carbons (Fsp3) is 0.179. The lowest BCUT2D eigenvalue weighted by molar-refractivity contribution is 0.0697. The predicted molar refractivity (Wildman–Crippen MR) is 173 cm³/mol. The molecule has 0 atom stereocenters. The van der Waals surface area contributed by atoms with Crippen molar-refractivity contribution in [1.82, 2.24) is 15.0 Å². The molecule has 3 aromatic carbocycles. The molecule has 1 aromatic heterocycles. The number of sulfone groups is 1. The summed E-state index contributed by atoms with van der Waals surface area (Å²) in [4.78, 5) is 21.7. The third-order valence-corrected chi connectivity index (χ3v) is 8.84. The number of aromatic carboxylic acids is 1. The number of amidine groups is 1. The number of carbonyl (C=O) groups is 1. The molecule has 0 aliphatic rings. The lowest BCUT2D eigenvalue weighted by Crippen LogP contribution is -2.19. The Bertz CT molecular complexity index is 2080. The van der Waals surface area contributed by atoms with E-state index < -0.39 is 60.0 Å². The van der Waals surface area contributed by atoms with Crippen LogP contribution in [-0.4, -0.2) is 76.4 Å². The van der Waals surface area contributed by atoms with E-state index in [2.05, 4.69) is 46.3 Å². The summed E-state index contributed by atoms with van der Waals surface area (Å²) in [6.07, 6.45) is -0.869. The maximum absolute atomic E-state index is 14.3. The van der Waals surface area contributed by atoms with Crippen molar-refractivity contribution in [2.75, 3.05) is 34.1 Å². The number of hydrogen-bond acceptors (Lipinski definition) is 14. The highest BCUT2D eigenvalue weighted by Crippen LogP contribution is 2.37. The molecule has 17 nitrogen and oxygen atoms in total. The fourth-order valence-electron chi connectivity index (χ4n) is 3.96. The number of anilines is 4. The monoisotopic (exact) mass is 701 g/mol. The van der Waals surface area contributed by atoms with Gasteiger partial charge >= 0.3 is 12.0 Å². The predicted octanol–water partition coefficient (Wildman–Crippen LogP) is 4.20. The molecule has 0 amide bonds. The molecule has 0 aliphatic carbocycles. The summed E-state index contributed by atoms with van der Waals surface area (Å²) in [6, 6.07) is 15.7. The summed E-state index contributed by atoms with van der Waals surface area (Å²) in [5, 5.41) is 37.7. The molecule has 0 saturated carbocycles. The summed E-state index contributed by atoms with van der Waals surface area (Å²) in [5.74, 6) is -3.24. The van der Waals surface area contributed by atoms with E-state index in [0.717, 1.165) is 12.1 Å². The molecule has 0 aliphatic heterocycles. The minimum Gasteiger partial charge on any atom is -0.504 e. The number of hydrazone groups is 1. The second kappa shape index (κ2) is 15.3. The number of hydrogen-bond donors (Lipinski definition) is 6. The molecule has 1 heterocycles. The largest absolute Gasteiger partial charge is 0.504 e. The van der Waals surface area contributed by atoms with Crippen LogP contribution in [0.15, 0.2) is 87.0 Å². The van der Waals surface area contributed by atoms with Crippen molar-refractivity contribution in [2.24, 2.45) is 15.3 Å². The molecule has 4 aromatic rings. The first-order valence-electron chi connectivity index (χ1n) is 13.9. The quantitative estimate of drug-likeness (QED) is 0.0269. The smallest absolute Gasteiger partial charge is 0.337 e. The van der Waals surface area contributed by atoms with Crippen LogP contribution in [0.4, 0.5) is 33.3 Å². The first-order valence-corrected chi connectivity index (χ1v) is 17.1. The number of benzene rings is 3. The van der Waals surface area contributed by atoms with Crippen molar-refractivity contribution in [1.29, 1.82) is 0 Å². The Morgan fingerprint density at radius 2 is 1.58 bits per heavy atom. The van der Waals surface area contributed by atoms with E-state index in [-0.39, 0.29) is 41.1 Å². The minimum atomic E-state index is -4.89. The van der Waals surface area contributed by atoms with Gasteiger partial charge in [-0.05, 0) is 30.7 Å². The normalized spacial score (nSPS) is 12.2. The SMILES string of the molecule is CCCS(=O)(=O)CCNc1nc(F)nc(Nc2cc(S(=O)(=O)O)cc(NN=C(N=Nc3ccccc3C(=O)O)c3ccccc3)c2O)n1. The molecule has 6 N–H and O–H groups in total. The van der Waals surface area contributed by atoms with Crippen LogP contribution >= 0.6 is 0 Å². The number of carboxylic acids is 1. The third kappa shape index (κ3) is 9.70. The van der Waals surface area contributed by atoms with Gasteiger partial charge in [-0.25, -0.2) is 13.2 Å². The molecule has 0 radical (unpaired) electrons. The van der Waals surface area contributed by atoms with Crippen LogP contribution in [-0.2, 0) is 20.0 Å². The Morgan fingerprint density at radius 1 is 0.917 bits per heavy atom. The first kappa shape index (κ1) is 35.3. The number of carboxylic acid groups (broad SMARTS) is 1. The molecule has 48 heavy (non-hydrogen) atoms. The molecule has 252 valence electrons. The van der Waals surface area contributed by atoms with E-state index in [4.69, 9.17) is 0 Å². The fourth-order valence-corrected chi connectivity index (χ4v) is 5.74. The number of aromatic hydroxyl groups is 1. The molecule has 20 heteroatoms. The average molecular weight is 702 g/mol. The van der Waals surface area contributed by atoms with Crippen LogP contribution in [0.1, 0.15) is 29.3 Å². The van der Waals surface area contributed by atoms with Gasteiger partial charge in [0.15, 0.2) is 15.6 Å². The van der Waals surface area contributed by atoms with Gasteiger partial charge in [0, 0.05) is 17.9 Å². The number of phenolic OH excluding ortho intramolecular Hbond substituents is 1. The number of nitrogens with zero attached hydrogens (tertiary/aromatic N) is 6. The zero-order valence-electron chi connectivity index (χ0n) is 24.9. The number of azo groups is 1. The molecule has 0 spiro atoms. The average Bonchev–Trinajstić information content (AvgIpc) is 3.02. The number of halogens is 1. The third-order valence-electron chi connectivity index (χ3n) is 6.15. The number of nitrogens with one attached hydrogen (secondary N) is 3. The standard InChI is InChI=1S/C28H28FN9O8S2/c1-2-13-47(42,43)14-12-30-27-32-26(29)33-28(34-27)31-21-15-18(48(44,45)46)16-22(23(21)39)36-38-24(17-8-4-3-5-9-17)37-35-20-11-7-6-10-19(20)25(40)41/h3-11,15-16,36,39H,2,12-14H2,1H3,(H,40,41)(H,44,45,46)(H2,30,31,32,33,34). The Labute approximate surface area is 273 Å². The van der Waals surface area contributed by atoms with Crippen LogP contribution in [0.25, 0.3) is 0 Å². The van der Waals surface area contributed by atoms with Gasteiger partial charge in [0.1, 0.15) is 11.4 Å². The van der Waals surface area contributed by atoms with Crippen LogP contribution < -0.4 is 16.1 Å². The van der Waals surface area contributed by atoms with Crippen molar-refractivity contribution in [3.05, 3.63) is 83.9 Å². The van der Waals surface area contributed by atoms with Gasteiger partial charge in [-0.15, -0.1) is 10.2 Å². The zero-order valence-corrected chi connectivity index (χ0v) is 26.6. The number of aromatic nitrogens is 3. The molecular weight excluding hydrogens is 673 g/mol. The van der Waals surface area contributed by atoms with E-state index in [1.54, 1.807) is 43.3 Å². The van der Waals surface area contributed by atoms with E-state index in [9.17, 15) is 40.8 Å². The highest BCUT2D eigenvalue weighted by atomic mass is 32.2. The molecule has 4 rings (SSSR count). The van der Waals surface area contributed by atoms with Crippen molar-refractivity contribution < 1.29 is 40.8 Å². The topological polar surface area (TPSA) is 258 Å². The van der Waals surface area contributed by atoms with Crippen molar-refractivity contribution in [3.8, 4) is 5.75 Å². The van der Waals surface area contributed by atoms with E-state index in [0.29, 0.717) is 12.0 Å². The highest BCUT2D eigenvalue weighted by Gasteiger charge is 2.20. The van der Waals surface area contributed by atoms with E-state index in [1.165, 1.54) is 18.2 Å². The minimum absolute atomic E-state index is 0.0114. The molecule has 0 fully saturated rings. The van der Waals surface area contributed by atoms with Gasteiger partial charge in [-0.2, -0.15) is 32.9 Å². The second-order valence-electron chi connectivity index (χ2n) is 9.73. The van der Waals surface area contributed by atoms with Gasteiger partial charge in [0.25, 0.3) is 10.1 Å². The van der Waals surface area contributed by atoms with Gasteiger partial charge in [0.2, 0.25) is 17.7 Å². The van der Waals surface area contributed by atoms with Gasteiger partial charge in [-0.3, -0.25) is 9.98 Å². The van der Waals surface area contributed by atoms with Gasteiger partial charge < -0.3 is 20.8 Å². The lowest BCUT2D eigenvalue weighted by Gasteiger charge is -2.13. The summed E-state index contributed by atoms with van der Waals surface area (Å²) < 4.78 is 72.2. The summed E-state index contributed by atoms with van der Waals surface area (Å²) in [6.45, 7) is 1.56. The second-order valence-corrected chi connectivity index (χ2v) is 13.5. The Morgan fingerprint density at radius 3 is 2.27 bits per heavy atom.